The van der Waals surface area contributed by atoms with Gasteiger partial charge in [-0.2, -0.15) is 0 Å². The molecule has 2 unspecified atom stereocenters. The highest BCUT2D eigenvalue weighted by atomic mass is 32.1. The molecule has 0 spiro atoms. The number of nitrogens with zero attached hydrogens (tertiary/aromatic N) is 1. The summed E-state index contributed by atoms with van der Waals surface area (Å²) in [5.41, 5.74) is 1.27. The molecular weight excluding hydrogens is 268 g/mol. The zero-order valence-corrected chi connectivity index (χ0v) is 14.1. The summed E-state index contributed by atoms with van der Waals surface area (Å²) in [6.45, 7) is 8.35. The summed E-state index contributed by atoms with van der Waals surface area (Å²) in [6, 6.07) is 0. The monoisotopic (exact) mass is 296 g/mol. The Kier molecular flexibility index (Phi) is 5.58. The number of hydrogen-bond donors (Lipinski definition) is 1. The van der Waals surface area contributed by atoms with Crippen LogP contribution in [-0.2, 0) is 10.3 Å². The number of hydrogen-bond acceptors (Lipinski definition) is 4. The van der Waals surface area contributed by atoms with Gasteiger partial charge in [0.15, 0.2) is 0 Å². The average molecular weight is 296 g/mol. The van der Waals surface area contributed by atoms with Gasteiger partial charge < -0.3 is 10.1 Å². The van der Waals surface area contributed by atoms with Crippen molar-refractivity contribution >= 4 is 11.3 Å². The van der Waals surface area contributed by atoms with Gasteiger partial charge in [-0.05, 0) is 39.0 Å². The second-order valence-electron chi connectivity index (χ2n) is 6.20. The lowest BCUT2D eigenvalue weighted by atomic mass is 9.90. The molecule has 0 bridgehead atoms. The van der Waals surface area contributed by atoms with Crippen LogP contribution >= 0.6 is 11.3 Å². The molecule has 0 saturated heterocycles. The second kappa shape index (κ2) is 7.01. The molecule has 1 aromatic heterocycles. The molecular formula is C16H28N2OS. The van der Waals surface area contributed by atoms with E-state index in [9.17, 15) is 0 Å². The normalized spacial score (nSPS) is 27.5. The molecule has 2 atom stereocenters. The van der Waals surface area contributed by atoms with E-state index < -0.39 is 0 Å². The van der Waals surface area contributed by atoms with Crippen molar-refractivity contribution in [3.63, 3.8) is 0 Å². The largest absolute Gasteiger partial charge is 0.383 e. The maximum absolute atomic E-state index is 5.22. The summed E-state index contributed by atoms with van der Waals surface area (Å²) in [5.74, 6) is 0.836. The van der Waals surface area contributed by atoms with Crippen LogP contribution in [-0.4, -0.2) is 25.2 Å². The summed E-state index contributed by atoms with van der Waals surface area (Å²) < 4.78 is 5.22. The first kappa shape index (κ1) is 15.9. The smallest absolute Gasteiger partial charge is 0.113 e. The van der Waals surface area contributed by atoms with Crippen molar-refractivity contribution in [2.75, 3.05) is 20.3 Å². The van der Waals surface area contributed by atoms with E-state index in [0.717, 1.165) is 19.1 Å². The molecule has 1 saturated carbocycles. The van der Waals surface area contributed by atoms with E-state index in [0.29, 0.717) is 0 Å². The maximum atomic E-state index is 5.22. The lowest BCUT2D eigenvalue weighted by Gasteiger charge is -2.32. The van der Waals surface area contributed by atoms with Crippen molar-refractivity contribution in [1.82, 2.24) is 10.3 Å². The van der Waals surface area contributed by atoms with Crippen LogP contribution in [0.3, 0.4) is 0 Å². The highest BCUT2D eigenvalue weighted by molar-refractivity contribution is 7.11. The molecule has 1 N–H and O–H groups in total. The van der Waals surface area contributed by atoms with E-state index >= 15 is 0 Å². The SMILES string of the molecule is COCCNC1(c2nc(C)c(C)s2)CCCC(C)CC1. The molecule has 0 radical (unpaired) electrons. The van der Waals surface area contributed by atoms with Crippen molar-refractivity contribution in [2.24, 2.45) is 5.92 Å². The Morgan fingerprint density at radius 3 is 2.80 bits per heavy atom. The van der Waals surface area contributed by atoms with Crippen LogP contribution in [0.4, 0.5) is 0 Å². The van der Waals surface area contributed by atoms with Gasteiger partial charge in [-0.15, -0.1) is 11.3 Å². The topological polar surface area (TPSA) is 34.1 Å². The summed E-state index contributed by atoms with van der Waals surface area (Å²) >= 11 is 1.87. The van der Waals surface area contributed by atoms with Crippen LogP contribution in [0.15, 0.2) is 0 Å². The zero-order chi connectivity index (χ0) is 14.6. The minimum atomic E-state index is 0.0764. The Balaban J connectivity index is 2.22. The number of aromatic nitrogens is 1. The third-order valence-electron chi connectivity index (χ3n) is 4.57. The Morgan fingerprint density at radius 1 is 1.35 bits per heavy atom. The van der Waals surface area contributed by atoms with Crippen molar-refractivity contribution in [1.29, 1.82) is 0 Å². The lowest BCUT2D eigenvalue weighted by molar-refractivity contribution is 0.177. The fraction of sp³-hybridized carbons (Fsp3) is 0.812. The number of aryl methyl sites for hydroxylation is 2. The molecule has 1 aliphatic rings. The Hall–Kier alpha value is -0.450. The third-order valence-corrected chi connectivity index (χ3v) is 5.85. The molecule has 2 rings (SSSR count). The van der Waals surface area contributed by atoms with Crippen LogP contribution in [0.1, 0.15) is 54.6 Å². The number of thiazole rings is 1. The molecule has 1 fully saturated rings. The summed E-state index contributed by atoms with van der Waals surface area (Å²) in [6.07, 6.45) is 6.32. The first-order valence-electron chi connectivity index (χ1n) is 7.76. The lowest BCUT2D eigenvalue weighted by Crippen LogP contribution is -2.43. The molecule has 1 heterocycles. The Morgan fingerprint density at radius 2 is 2.15 bits per heavy atom. The van der Waals surface area contributed by atoms with Crippen LogP contribution in [0.5, 0.6) is 0 Å². The standard InChI is InChI=1S/C16H28N2OS/c1-12-6-5-8-16(9-7-12,17-10-11-19-4)15-18-13(2)14(3)20-15/h12,17H,5-11H2,1-4H3. The highest BCUT2D eigenvalue weighted by Gasteiger charge is 2.36. The van der Waals surface area contributed by atoms with E-state index in [4.69, 9.17) is 9.72 Å². The first-order valence-corrected chi connectivity index (χ1v) is 8.57. The fourth-order valence-corrected chi connectivity index (χ4v) is 4.19. The Labute approximate surface area is 127 Å². The van der Waals surface area contributed by atoms with Crippen molar-refractivity contribution < 1.29 is 4.74 Å². The summed E-state index contributed by atoms with van der Waals surface area (Å²) in [4.78, 5) is 6.22. The molecule has 114 valence electrons. The van der Waals surface area contributed by atoms with Crippen molar-refractivity contribution in [2.45, 2.75) is 58.4 Å². The minimum Gasteiger partial charge on any atom is -0.383 e. The summed E-state index contributed by atoms with van der Waals surface area (Å²) in [7, 11) is 1.77. The number of nitrogens with one attached hydrogen (secondary N) is 1. The van der Waals surface area contributed by atoms with E-state index in [-0.39, 0.29) is 5.54 Å². The number of ether oxygens (including phenoxy) is 1. The van der Waals surface area contributed by atoms with Gasteiger partial charge in [0.1, 0.15) is 5.01 Å². The van der Waals surface area contributed by atoms with Gasteiger partial charge in [0.25, 0.3) is 0 Å². The van der Waals surface area contributed by atoms with Gasteiger partial charge in [-0.25, -0.2) is 4.98 Å². The molecule has 3 nitrogen and oxygen atoms in total. The van der Waals surface area contributed by atoms with Crippen LogP contribution < -0.4 is 5.32 Å². The quantitative estimate of drug-likeness (QED) is 0.663. The molecule has 4 heteroatoms. The number of rotatable bonds is 5. The van der Waals surface area contributed by atoms with E-state index in [1.54, 1.807) is 7.11 Å². The van der Waals surface area contributed by atoms with Gasteiger partial charge in [0.2, 0.25) is 0 Å². The molecule has 1 aromatic rings. The molecule has 20 heavy (non-hydrogen) atoms. The van der Waals surface area contributed by atoms with Gasteiger partial charge in [-0.3, -0.25) is 0 Å². The third kappa shape index (κ3) is 3.60. The minimum absolute atomic E-state index is 0.0764. The first-order chi connectivity index (χ1) is 9.57. The zero-order valence-electron chi connectivity index (χ0n) is 13.3. The Bertz CT molecular complexity index is 413. The van der Waals surface area contributed by atoms with Gasteiger partial charge >= 0.3 is 0 Å². The molecule has 0 amide bonds. The predicted molar refractivity (Wildman–Crippen MR) is 85.4 cm³/mol. The van der Waals surface area contributed by atoms with Crippen molar-refractivity contribution in [3.05, 3.63) is 15.6 Å². The predicted octanol–water partition coefficient (Wildman–Crippen LogP) is 3.79. The van der Waals surface area contributed by atoms with Crippen LogP contribution in [0, 0.1) is 19.8 Å². The van der Waals surface area contributed by atoms with Crippen LogP contribution in [0.25, 0.3) is 0 Å². The fourth-order valence-electron chi connectivity index (χ4n) is 3.05. The number of methoxy groups -OCH3 is 1. The molecule has 0 aromatic carbocycles. The average Bonchev–Trinajstić information content (AvgIpc) is 2.65. The second-order valence-corrected chi connectivity index (χ2v) is 7.40. The van der Waals surface area contributed by atoms with E-state index in [1.807, 2.05) is 11.3 Å². The summed E-state index contributed by atoms with van der Waals surface area (Å²) in [5, 5.41) is 5.07. The van der Waals surface area contributed by atoms with Gasteiger partial charge in [0, 0.05) is 18.5 Å². The molecule has 0 aliphatic heterocycles. The van der Waals surface area contributed by atoms with Gasteiger partial charge in [0.05, 0.1) is 17.8 Å². The molecule has 1 aliphatic carbocycles. The van der Waals surface area contributed by atoms with Crippen molar-refractivity contribution in [3.8, 4) is 0 Å². The van der Waals surface area contributed by atoms with Gasteiger partial charge in [-0.1, -0.05) is 19.8 Å². The van der Waals surface area contributed by atoms with E-state index in [2.05, 4.69) is 26.1 Å². The van der Waals surface area contributed by atoms with E-state index in [1.165, 1.54) is 47.7 Å². The van der Waals surface area contributed by atoms with Crippen LogP contribution in [0.2, 0.25) is 0 Å². The highest BCUT2D eigenvalue weighted by Crippen LogP contribution is 2.40. The maximum Gasteiger partial charge on any atom is 0.113 e.